The first-order chi connectivity index (χ1) is 16.0. The van der Waals surface area contributed by atoms with Crippen molar-refractivity contribution in [3.8, 4) is 11.1 Å². The summed E-state index contributed by atoms with van der Waals surface area (Å²) >= 11 is 0. The molecule has 0 aromatic heterocycles. The largest absolute Gasteiger partial charge is 0.480 e. The lowest BCUT2D eigenvalue weighted by molar-refractivity contribution is -0.162. The van der Waals surface area contributed by atoms with Gasteiger partial charge in [0.25, 0.3) is 0 Å². The Morgan fingerprint density at radius 3 is 2.39 bits per heavy atom. The Morgan fingerprint density at radius 1 is 1.12 bits per heavy atom. The van der Waals surface area contributed by atoms with Gasteiger partial charge in [-0.05, 0) is 29.2 Å². The number of morpholine rings is 1. The number of aliphatic carboxylic acids is 1. The maximum absolute atomic E-state index is 12.4. The molecule has 0 bridgehead atoms. The molecule has 172 valence electrons. The molecule has 1 aliphatic heterocycles. The van der Waals surface area contributed by atoms with E-state index in [1.807, 2.05) is 36.4 Å². The molecule has 33 heavy (non-hydrogen) atoms. The highest BCUT2D eigenvalue weighted by Crippen LogP contribution is 2.44. The van der Waals surface area contributed by atoms with Crippen molar-refractivity contribution in [3.63, 3.8) is 0 Å². The van der Waals surface area contributed by atoms with Crippen LogP contribution in [0.25, 0.3) is 11.1 Å². The summed E-state index contributed by atoms with van der Waals surface area (Å²) in [6.45, 7) is 2.39. The molecular weight excluding hydrogens is 424 g/mol. The molecule has 0 radical (unpaired) electrons. The molecule has 2 aromatic rings. The third-order valence-electron chi connectivity index (χ3n) is 6.00. The summed E-state index contributed by atoms with van der Waals surface area (Å²) in [5, 5.41) is 12.0. The smallest absolute Gasteiger partial charge is 0.407 e. The van der Waals surface area contributed by atoms with Gasteiger partial charge in [-0.25, -0.2) is 9.59 Å². The highest BCUT2D eigenvalue weighted by Gasteiger charge is 2.37. The molecule has 0 saturated carbocycles. The van der Waals surface area contributed by atoms with Crippen LogP contribution in [0.3, 0.4) is 0 Å². The van der Waals surface area contributed by atoms with Crippen molar-refractivity contribution in [1.29, 1.82) is 0 Å². The summed E-state index contributed by atoms with van der Waals surface area (Å²) < 4.78 is 10.8. The Labute approximate surface area is 191 Å². The first-order valence-electron chi connectivity index (χ1n) is 10.9. The number of carboxylic acid groups (broad SMARTS) is 1. The minimum atomic E-state index is -1.11. The summed E-state index contributed by atoms with van der Waals surface area (Å²) in [4.78, 5) is 37.3. The van der Waals surface area contributed by atoms with Crippen molar-refractivity contribution in [2.24, 2.45) is 0 Å². The number of hydrogen-bond donors (Lipinski definition) is 2. The maximum Gasteiger partial charge on any atom is 0.407 e. The number of hydrogen-bond acceptors (Lipinski definition) is 5. The minimum Gasteiger partial charge on any atom is -0.480 e. The van der Waals surface area contributed by atoms with Crippen LogP contribution in [-0.2, 0) is 19.1 Å². The Kier molecular flexibility index (Phi) is 6.74. The van der Waals surface area contributed by atoms with Crippen molar-refractivity contribution in [2.75, 3.05) is 26.3 Å². The number of amides is 2. The molecule has 2 atom stereocenters. The third kappa shape index (κ3) is 4.75. The van der Waals surface area contributed by atoms with Crippen LogP contribution in [0.4, 0.5) is 4.79 Å². The van der Waals surface area contributed by atoms with E-state index in [0.29, 0.717) is 0 Å². The van der Waals surface area contributed by atoms with Crippen LogP contribution in [0.2, 0.25) is 0 Å². The second kappa shape index (κ2) is 9.87. The number of carbonyl (C=O) groups excluding carboxylic acids is 2. The molecule has 1 heterocycles. The SMILES string of the molecule is CC1OCCN(C(=O)/C=C/CNC(=O)OCC2c3ccccc3-c3ccccc32)C1C(=O)O. The number of nitrogens with one attached hydrogen (secondary N) is 1. The number of ether oxygens (including phenoxy) is 2. The van der Waals surface area contributed by atoms with E-state index in [1.165, 1.54) is 17.1 Å². The van der Waals surface area contributed by atoms with Crippen LogP contribution in [-0.4, -0.2) is 66.4 Å². The maximum atomic E-state index is 12.4. The number of rotatable bonds is 6. The second-order valence-corrected chi connectivity index (χ2v) is 8.00. The van der Waals surface area contributed by atoms with Gasteiger partial charge in [0.2, 0.25) is 5.91 Å². The van der Waals surface area contributed by atoms with Gasteiger partial charge in [0.15, 0.2) is 6.04 Å². The molecular formula is C25H26N2O6. The van der Waals surface area contributed by atoms with E-state index < -0.39 is 30.1 Å². The third-order valence-corrected chi connectivity index (χ3v) is 6.00. The number of carbonyl (C=O) groups is 3. The molecule has 0 spiro atoms. The lowest BCUT2D eigenvalue weighted by atomic mass is 9.98. The van der Waals surface area contributed by atoms with Crippen molar-refractivity contribution >= 4 is 18.0 Å². The average molecular weight is 450 g/mol. The summed E-state index contributed by atoms with van der Waals surface area (Å²) in [6.07, 6.45) is 1.56. The number of fused-ring (bicyclic) bond motifs is 3. The average Bonchev–Trinajstić information content (AvgIpc) is 3.13. The molecule has 1 fully saturated rings. The van der Waals surface area contributed by atoms with Gasteiger partial charge in [0.1, 0.15) is 6.61 Å². The van der Waals surface area contributed by atoms with E-state index in [4.69, 9.17) is 9.47 Å². The summed E-state index contributed by atoms with van der Waals surface area (Å²) in [7, 11) is 0. The van der Waals surface area contributed by atoms with Gasteiger partial charge in [-0.3, -0.25) is 4.79 Å². The Morgan fingerprint density at radius 2 is 1.76 bits per heavy atom. The molecule has 2 amide bonds. The second-order valence-electron chi connectivity index (χ2n) is 8.00. The zero-order chi connectivity index (χ0) is 23.4. The highest BCUT2D eigenvalue weighted by molar-refractivity contribution is 5.91. The van der Waals surface area contributed by atoms with Crippen LogP contribution < -0.4 is 5.32 Å². The van der Waals surface area contributed by atoms with Crippen LogP contribution in [0.5, 0.6) is 0 Å². The van der Waals surface area contributed by atoms with Crippen molar-refractivity contribution in [3.05, 3.63) is 71.8 Å². The molecule has 8 nitrogen and oxygen atoms in total. The van der Waals surface area contributed by atoms with Gasteiger partial charge in [-0.1, -0.05) is 54.6 Å². The number of nitrogens with zero attached hydrogens (tertiary/aromatic N) is 1. The van der Waals surface area contributed by atoms with Crippen LogP contribution in [0, 0.1) is 0 Å². The number of benzene rings is 2. The molecule has 8 heteroatoms. The van der Waals surface area contributed by atoms with Crippen molar-refractivity contribution < 1.29 is 29.0 Å². The van der Waals surface area contributed by atoms with Crippen LogP contribution in [0.1, 0.15) is 24.0 Å². The fourth-order valence-corrected chi connectivity index (χ4v) is 4.45. The lowest BCUT2D eigenvalue weighted by Crippen LogP contribution is -2.56. The normalized spacial score (nSPS) is 19.7. The quantitative estimate of drug-likeness (QED) is 0.656. The predicted molar refractivity (Wildman–Crippen MR) is 121 cm³/mol. The van der Waals surface area contributed by atoms with E-state index in [1.54, 1.807) is 6.92 Å². The van der Waals surface area contributed by atoms with Gasteiger partial charge < -0.3 is 24.8 Å². The summed E-state index contributed by atoms with van der Waals surface area (Å²) in [6, 6.07) is 15.1. The number of alkyl carbamates (subject to hydrolysis) is 1. The Hall–Kier alpha value is -3.65. The molecule has 2 aliphatic rings. The van der Waals surface area contributed by atoms with Gasteiger partial charge >= 0.3 is 12.1 Å². The highest BCUT2D eigenvalue weighted by atomic mass is 16.5. The van der Waals surface area contributed by atoms with E-state index in [9.17, 15) is 19.5 Å². The Bertz CT molecular complexity index is 1040. The molecule has 4 rings (SSSR count). The zero-order valence-electron chi connectivity index (χ0n) is 18.3. The van der Waals surface area contributed by atoms with Gasteiger partial charge in [-0.15, -0.1) is 0 Å². The summed E-state index contributed by atoms with van der Waals surface area (Å²) in [5.41, 5.74) is 4.57. The zero-order valence-corrected chi connectivity index (χ0v) is 18.3. The Balaban J connectivity index is 1.29. The fourth-order valence-electron chi connectivity index (χ4n) is 4.45. The van der Waals surface area contributed by atoms with E-state index in [-0.39, 0.29) is 32.2 Å². The van der Waals surface area contributed by atoms with Crippen LogP contribution in [0.15, 0.2) is 60.7 Å². The molecule has 2 unspecified atom stereocenters. The number of carboxylic acids is 1. The predicted octanol–water partition coefficient (Wildman–Crippen LogP) is 2.78. The van der Waals surface area contributed by atoms with Gasteiger partial charge in [-0.2, -0.15) is 0 Å². The van der Waals surface area contributed by atoms with E-state index >= 15 is 0 Å². The molecule has 2 N–H and O–H groups in total. The van der Waals surface area contributed by atoms with Gasteiger partial charge in [0, 0.05) is 25.1 Å². The van der Waals surface area contributed by atoms with E-state index in [2.05, 4.69) is 17.4 Å². The first kappa shape index (κ1) is 22.5. The first-order valence-corrected chi connectivity index (χ1v) is 10.9. The van der Waals surface area contributed by atoms with Crippen molar-refractivity contribution in [2.45, 2.75) is 25.0 Å². The van der Waals surface area contributed by atoms with Crippen molar-refractivity contribution in [1.82, 2.24) is 10.2 Å². The van der Waals surface area contributed by atoms with Gasteiger partial charge in [0.05, 0.1) is 12.7 Å². The van der Waals surface area contributed by atoms with E-state index in [0.717, 1.165) is 22.3 Å². The topological polar surface area (TPSA) is 105 Å². The monoisotopic (exact) mass is 450 g/mol. The fraction of sp³-hybridized carbons (Fsp3) is 0.320. The molecule has 1 saturated heterocycles. The summed E-state index contributed by atoms with van der Waals surface area (Å²) in [5.74, 6) is -1.58. The minimum absolute atomic E-state index is 0.0310. The molecule has 1 aliphatic carbocycles. The van der Waals surface area contributed by atoms with Crippen LogP contribution >= 0.6 is 0 Å². The molecule has 2 aromatic carbocycles. The lowest BCUT2D eigenvalue weighted by Gasteiger charge is -2.36. The standard InChI is InChI=1S/C25H26N2O6/c1-16-23(24(29)30)27(13-14-32-16)22(28)11-6-12-26-25(31)33-15-21-19-9-4-2-7-17(19)18-8-3-5-10-20(18)21/h2-11,16,21,23H,12-15H2,1H3,(H,26,31)(H,29,30)/b11-6+.